The number of carbonyl (C=O) groups excluding carboxylic acids is 1. The smallest absolute Gasteiger partial charge is 0.267 e. The minimum absolute atomic E-state index is 0.118. The third-order valence-corrected chi connectivity index (χ3v) is 6.88. The first-order chi connectivity index (χ1) is 13.9. The number of aryl methyl sites for hydroxylation is 2. The third kappa shape index (κ3) is 3.83. The van der Waals surface area contributed by atoms with Gasteiger partial charge in [0.15, 0.2) is 11.6 Å². The molecule has 2 saturated heterocycles. The predicted octanol–water partition coefficient (Wildman–Crippen LogP) is 1.83. The fourth-order valence-electron chi connectivity index (χ4n) is 4.50. The van der Waals surface area contributed by atoms with Crippen LogP contribution < -0.4 is 4.90 Å². The number of likely N-dealkylation sites (tertiary alicyclic amines) is 1. The number of hydrogen-bond donors (Lipinski definition) is 1. The second-order valence-corrected chi connectivity index (χ2v) is 8.78. The number of hydrogen-bond acceptors (Lipinski definition) is 8. The standard InChI is InChI=1S/C19H25FN6O2S/c1-3-14-15(20)17(22-11-21-14)25-6-4-19(5-7-25)8-13(27)9-26(10-19)18(28)16-12(2)23-24-29-16/h11,13,27H,3-10H2,1-2H3. The summed E-state index contributed by atoms with van der Waals surface area (Å²) in [5.74, 6) is -0.116. The molecule has 0 aliphatic carbocycles. The zero-order valence-electron chi connectivity index (χ0n) is 16.6. The van der Waals surface area contributed by atoms with Gasteiger partial charge in [0.1, 0.15) is 11.2 Å². The van der Waals surface area contributed by atoms with Crippen molar-refractivity contribution in [2.24, 2.45) is 5.41 Å². The molecule has 1 amide bonds. The summed E-state index contributed by atoms with van der Waals surface area (Å²) in [6, 6.07) is 0. The molecule has 4 heterocycles. The van der Waals surface area contributed by atoms with E-state index in [0.717, 1.165) is 24.4 Å². The molecule has 2 aliphatic heterocycles. The van der Waals surface area contributed by atoms with Crippen LogP contribution in [0.1, 0.15) is 47.2 Å². The van der Waals surface area contributed by atoms with Crippen LogP contribution in [0.2, 0.25) is 0 Å². The zero-order valence-corrected chi connectivity index (χ0v) is 17.5. The number of aliphatic hydroxyl groups excluding tert-OH is 1. The number of amides is 1. The molecule has 156 valence electrons. The normalized spacial score (nSPS) is 21.6. The second kappa shape index (κ2) is 7.91. The van der Waals surface area contributed by atoms with Crippen molar-refractivity contribution in [2.75, 3.05) is 31.1 Å². The van der Waals surface area contributed by atoms with Crippen molar-refractivity contribution >= 4 is 23.3 Å². The number of β-amino-alcohol motifs (C(OH)–C–C–N with tert-alkyl or cyclic N) is 1. The molecule has 0 radical (unpaired) electrons. The number of piperidine rings is 2. The number of halogens is 1. The number of aromatic nitrogens is 4. The zero-order chi connectivity index (χ0) is 20.6. The number of rotatable bonds is 3. The Labute approximate surface area is 172 Å². The van der Waals surface area contributed by atoms with Gasteiger partial charge in [-0.1, -0.05) is 11.4 Å². The third-order valence-electron chi connectivity index (χ3n) is 6.06. The largest absolute Gasteiger partial charge is 0.391 e. The van der Waals surface area contributed by atoms with E-state index in [0.29, 0.717) is 61.1 Å². The van der Waals surface area contributed by atoms with Crippen LogP contribution in [-0.2, 0) is 6.42 Å². The molecule has 8 nitrogen and oxygen atoms in total. The molecule has 1 atom stereocenters. The van der Waals surface area contributed by atoms with Gasteiger partial charge in [0.25, 0.3) is 5.91 Å². The Morgan fingerprint density at radius 3 is 2.79 bits per heavy atom. The summed E-state index contributed by atoms with van der Waals surface area (Å²) >= 11 is 1.09. The van der Waals surface area contributed by atoms with Crippen molar-refractivity contribution in [1.82, 2.24) is 24.5 Å². The van der Waals surface area contributed by atoms with E-state index in [9.17, 15) is 14.3 Å². The molecule has 1 unspecified atom stereocenters. The highest BCUT2D eigenvalue weighted by atomic mass is 32.1. The van der Waals surface area contributed by atoms with Gasteiger partial charge in [0, 0.05) is 26.2 Å². The van der Waals surface area contributed by atoms with Gasteiger partial charge in [0.2, 0.25) is 0 Å². The van der Waals surface area contributed by atoms with Crippen molar-refractivity contribution in [1.29, 1.82) is 0 Å². The van der Waals surface area contributed by atoms with E-state index < -0.39 is 6.10 Å². The molecule has 0 saturated carbocycles. The molecule has 29 heavy (non-hydrogen) atoms. The summed E-state index contributed by atoms with van der Waals surface area (Å²) in [7, 11) is 0. The Bertz CT molecular complexity index is 899. The maximum Gasteiger partial charge on any atom is 0.267 e. The molecule has 2 aromatic rings. The van der Waals surface area contributed by atoms with Gasteiger partial charge < -0.3 is 14.9 Å². The van der Waals surface area contributed by atoms with E-state index in [1.165, 1.54) is 6.33 Å². The summed E-state index contributed by atoms with van der Waals surface area (Å²) in [5.41, 5.74) is 0.871. The molecule has 10 heteroatoms. The highest BCUT2D eigenvalue weighted by Crippen LogP contribution is 2.41. The van der Waals surface area contributed by atoms with Crippen molar-refractivity contribution in [3.63, 3.8) is 0 Å². The lowest BCUT2D eigenvalue weighted by Gasteiger charge is -2.49. The summed E-state index contributed by atoms with van der Waals surface area (Å²) in [5, 5.41) is 14.4. The highest BCUT2D eigenvalue weighted by molar-refractivity contribution is 7.07. The number of nitrogens with zero attached hydrogens (tertiary/aromatic N) is 6. The van der Waals surface area contributed by atoms with Crippen LogP contribution in [0.3, 0.4) is 0 Å². The fourth-order valence-corrected chi connectivity index (χ4v) is 5.12. The summed E-state index contributed by atoms with van der Waals surface area (Å²) in [6.07, 6.45) is 3.54. The average Bonchev–Trinajstić information content (AvgIpc) is 3.14. The SMILES string of the molecule is CCc1ncnc(N2CCC3(CC2)CC(O)CN(C(=O)c2snnc2C)C3)c1F. The lowest BCUT2D eigenvalue weighted by atomic mass is 9.71. The van der Waals surface area contributed by atoms with Gasteiger partial charge >= 0.3 is 0 Å². The van der Waals surface area contributed by atoms with Crippen molar-refractivity contribution in [3.05, 3.63) is 28.4 Å². The highest BCUT2D eigenvalue weighted by Gasteiger charge is 2.44. The van der Waals surface area contributed by atoms with E-state index in [4.69, 9.17) is 0 Å². The van der Waals surface area contributed by atoms with Crippen LogP contribution in [0, 0.1) is 18.2 Å². The van der Waals surface area contributed by atoms with Crippen molar-refractivity contribution < 1.29 is 14.3 Å². The minimum Gasteiger partial charge on any atom is -0.391 e. The lowest BCUT2D eigenvalue weighted by molar-refractivity contribution is -0.0149. The molecule has 2 fully saturated rings. The van der Waals surface area contributed by atoms with Crippen LogP contribution in [0.25, 0.3) is 0 Å². The van der Waals surface area contributed by atoms with Crippen LogP contribution >= 0.6 is 11.5 Å². The van der Waals surface area contributed by atoms with Gasteiger partial charge in [-0.15, -0.1) is 5.10 Å². The number of anilines is 1. The Hall–Kier alpha value is -2.20. The molecule has 2 aromatic heterocycles. The van der Waals surface area contributed by atoms with Gasteiger partial charge in [-0.2, -0.15) is 0 Å². The average molecular weight is 421 g/mol. The number of aliphatic hydroxyl groups is 1. The molecule has 4 rings (SSSR count). The molecule has 0 bridgehead atoms. The van der Waals surface area contributed by atoms with Crippen molar-refractivity contribution in [2.45, 2.75) is 45.6 Å². The van der Waals surface area contributed by atoms with Gasteiger partial charge in [0.05, 0.1) is 17.5 Å². The van der Waals surface area contributed by atoms with E-state index in [2.05, 4.69) is 19.6 Å². The first-order valence-corrected chi connectivity index (χ1v) is 10.7. The monoisotopic (exact) mass is 420 g/mol. The van der Waals surface area contributed by atoms with E-state index in [-0.39, 0.29) is 17.1 Å². The fraction of sp³-hybridized carbons (Fsp3) is 0.632. The second-order valence-electron chi connectivity index (χ2n) is 8.03. The van der Waals surface area contributed by atoms with Crippen LogP contribution in [0.15, 0.2) is 6.33 Å². The van der Waals surface area contributed by atoms with E-state index in [1.807, 2.05) is 11.8 Å². The van der Waals surface area contributed by atoms with Crippen LogP contribution in [0.4, 0.5) is 10.2 Å². The van der Waals surface area contributed by atoms with Gasteiger partial charge in [-0.25, -0.2) is 14.4 Å². The Morgan fingerprint density at radius 1 is 1.38 bits per heavy atom. The molecular weight excluding hydrogens is 395 g/mol. The van der Waals surface area contributed by atoms with Gasteiger partial charge in [-0.05, 0) is 49.6 Å². The van der Waals surface area contributed by atoms with Crippen LogP contribution in [0.5, 0.6) is 0 Å². The lowest BCUT2D eigenvalue weighted by Crippen LogP contribution is -2.55. The molecule has 1 spiro atoms. The Morgan fingerprint density at radius 2 is 2.14 bits per heavy atom. The maximum absolute atomic E-state index is 14.6. The summed E-state index contributed by atoms with van der Waals surface area (Å²) < 4.78 is 18.5. The van der Waals surface area contributed by atoms with E-state index in [1.54, 1.807) is 11.8 Å². The van der Waals surface area contributed by atoms with Gasteiger partial charge in [-0.3, -0.25) is 4.79 Å². The molecular formula is C19H25FN6O2S. The first-order valence-electron chi connectivity index (χ1n) is 9.93. The maximum atomic E-state index is 14.6. The topological polar surface area (TPSA) is 95.3 Å². The van der Waals surface area contributed by atoms with E-state index >= 15 is 0 Å². The molecule has 1 N–H and O–H groups in total. The predicted molar refractivity (Wildman–Crippen MR) is 106 cm³/mol. The Balaban J connectivity index is 1.48. The quantitative estimate of drug-likeness (QED) is 0.809. The molecule has 0 aromatic carbocycles. The first kappa shape index (κ1) is 20.1. The number of carbonyl (C=O) groups is 1. The molecule has 2 aliphatic rings. The summed E-state index contributed by atoms with van der Waals surface area (Å²) in [4.78, 5) is 25.3. The Kier molecular flexibility index (Phi) is 5.48. The van der Waals surface area contributed by atoms with Crippen LogP contribution in [-0.4, -0.2) is 67.8 Å². The van der Waals surface area contributed by atoms with Crippen molar-refractivity contribution in [3.8, 4) is 0 Å². The summed E-state index contributed by atoms with van der Waals surface area (Å²) in [6.45, 7) is 5.81. The minimum atomic E-state index is -0.567.